The molecule has 0 saturated carbocycles. The zero-order chi connectivity index (χ0) is 14.4. The summed E-state index contributed by atoms with van der Waals surface area (Å²) < 4.78 is 0. The molecule has 2 rings (SSSR count). The molecule has 1 heterocycles. The van der Waals surface area contributed by atoms with Crippen LogP contribution in [0.4, 0.5) is 11.6 Å². The van der Waals surface area contributed by atoms with Gasteiger partial charge in [0.2, 0.25) is 11.9 Å². The first-order valence-corrected chi connectivity index (χ1v) is 7.04. The molecular weight excluding hydrogens is 274 g/mol. The summed E-state index contributed by atoms with van der Waals surface area (Å²) in [5.41, 5.74) is 6.27. The minimum atomic E-state index is -0.281. The highest BCUT2D eigenvalue weighted by atomic mass is 32.2. The quantitative estimate of drug-likeness (QED) is 0.817. The topological polar surface area (TPSA) is 93.8 Å². The molecule has 6 nitrogen and oxygen atoms in total. The lowest BCUT2D eigenvalue weighted by molar-refractivity contribution is -0.115. The molecule has 0 spiro atoms. The summed E-state index contributed by atoms with van der Waals surface area (Å²) in [5, 5.41) is 3.04. The lowest BCUT2D eigenvalue weighted by Crippen LogP contribution is -2.24. The molecule has 104 valence electrons. The van der Waals surface area contributed by atoms with Crippen molar-refractivity contribution < 1.29 is 4.79 Å². The zero-order valence-electron chi connectivity index (χ0n) is 11.0. The Labute approximate surface area is 121 Å². The maximum absolute atomic E-state index is 12.2. The Hall–Kier alpha value is -2.15. The Morgan fingerprint density at radius 3 is 2.75 bits per heavy atom. The fourth-order valence-electron chi connectivity index (χ4n) is 1.54. The van der Waals surface area contributed by atoms with Gasteiger partial charge in [0, 0.05) is 5.69 Å². The highest BCUT2D eigenvalue weighted by Crippen LogP contribution is 2.23. The van der Waals surface area contributed by atoms with E-state index in [4.69, 9.17) is 5.73 Å². The molecule has 1 unspecified atom stereocenters. The number of nitrogens with two attached hydrogens (primary N) is 1. The molecule has 20 heavy (non-hydrogen) atoms. The number of amides is 1. The monoisotopic (exact) mass is 289 g/mol. The molecule has 0 bridgehead atoms. The molecule has 7 heteroatoms. The Bertz CT molecular complexity index is 578. The summed E-state index contributed by atoms with van der Waals surface area (Å²) in [5.74, 6) is 0.0727. The summed E-state index contributed by atoms with van der Waals surface area (Å²) in [4.78, 5) is 23.9. The van der Waals surface area contributed by atoms with E-state index in [9.17, 15) is 4.79 Å². The predicted octanol–water partition coefficient (Wildman–Crippen LogP) is 1.96. The number of rotatable bonds is 5. The fourth-order valence-corrected chi connectivity index (χ4v) is 2.38. The van der Waals surface area contributed by atoms with Crippen LogP contribution in [0, 0.1) is 0 Å². The van der Waals surface area contributed by atoms with Crippen molar-refractivity contribution in [3.8, 4) is 0 Å². The first kappa shape index (κ1) is 14.3. The molecular formula is C13H15N5OS. The number of thioether (sulfide) groups is 1. The first-order valence-electron chi connectivity index (χ1n) is 6.16. The number of nitrogens with one attached hydrogen (secondary N) is 1. The number of aromatic nitrogens is 3. The summed E-state index contributed by atoms with van der Waals surface area (Å²) >= 11 is 1.28. The summed E-state index contributed by atoms with van der Waals surface area (Å²) in [6, 6.07) is 9.33. The van der Waals surface area contributed by atoms with Crippen molar-refractivity contribution in [3.05, 3.63) is 36.7 Å². The largest absolute Gasteiger partial charge is 0.368 e. The van der Waals surface area contributed by atoms with Crippen molar-refractivity contribution in [2.24, 2.45) is 0 Å². The minimum Gasteiger partial charge on any atom is -0.368 e. The molecule has 0 aliphatic rings. The summed E-state index contributed by atoms with van der Waals surface area (Å²) in [7, 11) is 0. The molecule has 1 aromatic heterocycles. The highest BCUT2D eigenvalue weighted by Gasteiger charge is 2.19. The molecule has 1 aromatic carbocycles. The first-order chi connectivity index (χ1) is 9.69. The molecule has 3 N–H and O–H groups in total. The number of carbonyl (C=O) groups is 1. The van der Waals surface area contributed by atoms with E-state index in [0.717, 1.165) is 5.69 Å². The minimum absolute atomic E-state index is 0.0808. The van der Waals surface area contributed by atoms with Crippen LogP contribution in [0.2, 0.25) is 0 Å². The fraction of sp³-hybridized carbons (Fsp3) is 0.231. The molecule has 0 saturated heterocycles. The smallest absolute Gasteiger partial charge is 0.237 e. The number of hydrogen-bond acceptors (Lipinski definition) is 6. The van der Waals surface area contributed by atoms with Crippen molar-refractivity contribution in [1.82, 2.24) is 15.0 Å². The van der Waals surface area contributed by atoms with Crippen LogP contribution < -0.4 is 11.1 Å². The number of carbonyl (C=O) groups excluding carboxylic acids is 1. The number of anilines is 2. The van der Waals surface area contributed by atoms with E-state index in [2.05, 4.69) is 20.3 Å². The molecule has 0 fully saturated rings. The number of nitrogen functional groups attached to an aromatic ring is 1. The van der Waals surface area contributed by atoms with Crippen LogP contribution in [-0.2, 0) is 4.79 Å². The van der Waals surface area contributed by atoms with Gasteiger partial charge in [0.15, 0.2) is 5.16 Å². The lowest BCUT2D eigenvalue weighted by atomic mass is 10.3. The van der Waals surface area contributed by atoms with Gasteiger partial charge < -0.3 is 11.1 Å². The van der Waals surface area contributed by atoms with Gasteiger partial charge in [-0.1, -0.05) is 36.9 Å². The number of hydrogen-bond donors (Lipinski definition) is 2. The molecule has 1 amide bonds. The molecule has 0 aliphatic heterocycles. The van der Waals surface area contributed by atoms with Gasteiger partial charge in [-0.25, -0.2) is 9.97 Å². The van der Waals surface area contributed by atoms with Crippen LogP contribution in [0.1, 0.15) is 13.3 Å². The van der Waals surface area contributed by atoms with Crippen LogP contribution in [0.3, 0.4) is 0 Å². The van der Waals surface area contributed by atoms with E-state index in [0.29, 0.717) is 11.6 Å². The van der Waals surface area contributed by atoms with E-state index in [1.807, 2.05) is 37.3 Å². The molecule has 0 radical (unpaired) electrons. The second-order valence-corrected chi connectivity index (χ2v) is 5.17. The van der Waals surface area contributed by atoms with Crippen molar-refractivity contribution >= 4 is 29.3 Å². The molecule has 1 atom stereocenters. The van der Waals surface area contributed by atoms with Gasteiger partial charge in [0.1, 0.15) is 6.33 Å². The van der Waals surface area contributed by atoms with E-state index >= 15 is 0 Å². The van der Waals surface area contributed by atoms with E-state index in [1.54, 1.807) is 0 Å². The van der Waals surface area contributed by atoms with Crippen molar-refractivity contribution in [2.45, 2.75) is 23.8 Å². The Balaban J connectivity index is 2.02. The van der Waals surface area contributed by atoms with Gasteiger partial charge in [-0.15, -0.1) is 0 Å². The van der Waals surface area contributed by atoms with Gasteiger partial charge in [-0.2, -0.15) is 4.98 Å². The van der Waals surface area contributed by atoms with Crippen LogP contribution in [0.15, 0.2) is 41.8 Å². The molecule has 2 aromatic rings. The normalized spacial score (nSPS) is 11.8. The SMILES string of the molecule is CCC(Sc1ncnc(N)n1)C(=O)Nc1ccccc1. The van der Waals surface area contributed by atoms with Gasteiger partial charge in [-0.3, -0.25) is 4.79 Å². The Morgan fingerprint density at radius 1 is 1.35 bits per heavy atom. The lowest BCUT2D eigenvalue weighted by Gasteiger charge is -2.13. The second kappa shape index (κ2) is 6.85. The van der Waals surface area contributed by atoms with Gasteiger partial charge in [0.25, 0.3) is 0 Å². The van der Waals surface area contributed by atoms with Gasteiger partial charge in [-0.05, 0) is 18.6 Å². The van der Waals surface area contributed by atoms with Crippen molar-refractivity contribution in [3.63, 3.8) is 0 Å². The maximum Gasteiger partial charge on any atom is 0.237 e. The van der Waals surface area contributed by atoms with Crippen LogP contribution in [0.25, 0.3) is 0 Å². The Morgan fingerprint density at radius 2 is 2.10 bits per heavy atom. The third-order valence-corrected chi connectivity index (χ3v) is 3.76. The average molecular weight is 289 g/mol. The number of para-hydroxylation sites is 1. The van der Waals surface area contributed by atoms with Gasteiger partial charge >= 0.3 is 0 Å². The van der Waals surface area contributed by atoms with E-state index in [1.165, 1.54) is 18.1 Å². The Kier molecular flexibility index (Phi) is 4.89. The third kappa shape index (κ3) is 3.92. The zero-order valence-corrected chi connectivity index (χ0v) is 11.8. The van der Waals surface area contributed by atoms with Crippen molar-refractivity contribution in [1.29, 1.82) is 0 Å². The van der Waals surface area contributed by atoms with Crippen LogP contribution in [-0.4, -0.2) is 26.1 Å². The maximum atomic E-state index is 12.2. The van der Waals surface area contributed by atoms with Crippen LogP contribution in [0.5, 0.6) is 0 Å². The van der Waals surface area contributed by atoms with Crippen molar-refractivity contribution in [2.75, 3.05) is 11.1 Å². The standard InChI is InChI=1S/C13H15N5OS/c1-2-10(20-13-16-8-15-12(14)18-13)11(19)17-9-6-4-3-5-7-9/h3-8,10H,2H2,1H3,(H,17,19)(H2,14,15,16,18). The number of nitrogens with zero attached hydrogens (tertiary/aromatic N) is 3. The van der Waals surface area contributed by atoms with Crippen LogP contribution >= 0.6 is 11.8 Å². The van der Waals surface area contributed by atoms with E-state index in [-0.39, 0.29) is 17.1 Å². The molecule has 0 aliphatic carbocycles. The highest BCUT2D eigenvalue weighted by molar-refractivity contribution is 8.00. The predicted molar refractivity (Wildman–Crippen MR) is 79.2 cm³/mol. The second-order valence-electron chi connectivity index (χ2n) is 4.00. The summed E-state index contributed by atoms with van der Waals surface area (Å²) in [6.07, 6.45) is 2.00. The van der Waals surface area contributed by atoms with E-state index < -0.39 is 0 Å². The average Bonchev–Trinajstić information content (AvgIpc) is 2.46. The number of benzene rings is 1. The summed E-state index contributed by atoms with van der Waals surface area (Å²) in [6.45, 7) is 1.94. The third-order valence-electron chi connectivity index (χ3n) is 2.52. The van der Waals surface area contributed by atoms with Gasteiger partial charge in [0.05, 0.1) is 5.25 Å².